The van der Waals surface area contributed by atoms with Gasteiger partial charge in [0, 0.05) is 16.0 Å². The quantitative estimate of drug-likeness (QED) is 0.402. The fraction of sp³-hybridized carbons (Fsp3) is 0.464. The monoisotopic (exact) mass is 533 g/mol. The van der Waals surface area contributed by atoms with E-state index in [1.54, 1.807) is 50.8 Å². The molecule has 2 aromatic rings. The zero-order chi connectivity index (χ0) is 26.8. The van der Waals surface area contributed by atoms with Gasteiger partial charge in [-0.15, -0.1) is 0 Å². The molecule has 1 unspecified atom stereocenters. The van der Waals surface area contributed by atoms with E-state index in [0.717, 1.165) is 11.1 Å². The molecule has 4 atom stereocenters. The maximum Gasteiger partial charge on any atom is 0.329 e. The van der Waals surface area contributed by atoms with Crippen LogP contribution in [-0.2, 0) is 19.1 Å². The fourth-order valence-corrected chi connectivity index (χ4v) is 5.39. The fourth-order valence-electron chi connectivity index (χ4n) is 5.07. The number of hydrogen-bond donors (Lipinski definition) is 1. The molecule has 1 fully saturated rings. The molecule has 8 heteroatoms. The summed E-state index contributed by atoms with van der Waals surface area (Å²) in [4.78, 5) is 41.0. The first-order valence-electron chi connectivity index (χ1n) is 12.0. The number of rotatable bonds is 7. The predicted octanol–water partition coefficient (Wildman–Crippen LogP) is 6.65. The van der Waals surface area contributed by atoms with E-state index in [0.29, 0.717) is 16.5 Å². The molecule has 3 rings (SSSR count). The van der Waals surface area contributed by atoms with Crippen LogP contribution in [0.3, 0.4) is 0 Å². The van der Waals surface area contributed by atoms with E-state index >= 15 is 0 Å². The number of aliphatic carboxylic acids is 1. The average Bonchev–Trinajstić information content (AvgIpc) is 2.76. The summed E-state index contributed by atoms with van der Waals surface area (Å²) in [5.74, 6) is -2.32. The second-order valence-electron chi connectivity index (χ2n) is 10.7. The summed E-state index contributed by atoms with van der Waals surface area (Å²) in [7, 11) is 0. The Hall–Kier alpha value is -2.57. The lowest BCUT2D eigenvalue weighted by molar-refractivity contribution is -0.174. The molecule has 0 bridgehead atoms. The van der Waals surface area contributed by atoms with Crippen LogP contribution in [-0.4, -0.2) is 39.5 Å². The maximum atomic E-state index is 14.2. The first-order valence-corrected chi connectivity index (χ1v) is 12.8. The lowest BCUT2D eigenvalue weighted by Crippen LogP contribution is -2.58. The van der Waals surface area contributed by atoms with Crippen LogP contribution < -0.4 is 0 Å². The zero-order valence-corrected chi connectivity index (χ0v) is 22.8. The first kappa shape index (κ1) is 28.0. The van der Waals surface area contributed by atoms with E-state index in [1.165, 1.54) is 0 Å². The van der Waals surface area contributed by atoms with Crippen LogP contribution in [0, 0.1) is 5.41 Å². The van der Waals surface area contributed by atoms with Crippen molar-refractivity contribution in [2.45, 2.75) is 77.5 Å². The molecule has 0 saturated carbocycles. The Kier molecular flexibility index (Phi) is 8.41. The molecule has 1 N–H and O–H groups in total. The number of amides is 1. The van der Waals surface area contributed by atoms with Gasteiger partial charge in [-0.2, -0.15) is 0 Å². The average molecular weight is 534 g/mol. The maximum absolute atomic E-state index is 14.2. The molecular weight excluding hydrogens is 501 g/mol. The highest BCUT2D eigenvalue weighted by molar-refractivity contribution is 6.30. The van der Waals surface area contributed by atoms with Crippen LogP contribution in [0.4, 0.5) is 0 Å². The molecule has 1 aliphatic rings. The number of hydrogen-bond acceptors (Lipinski definition) is 4. The number of halogens is 2. The summed E-state index contributed by atoms with van der Waals surface area (Å²) in [5, 5.41) is 10.8. The number of ether oxygens (including phenoxy) is 1. The number of likely N-dealkylation sites (tertiary alicyclic amines) is 1. The number of piperidine rings is 1. The highest BCUT2D eigenvalue weighted by Crippen LogP contribution is 2.52. The van der Waals surface area contributed by atoms with Crippen LogP contribution >= 0.6 is 23.2 Å². The van der Waals surface area contributed by atoms with Gasteiger partial charge in [0.25, 0.3) is 0 Å². The van der Waals surface area contributed by atoms with Crippen molar-refractivity contribution in [2.75, 3.05) is 0 Å². The molecule has 1 amide bonds. The minimum absolute atomic E-state index is 0.271. The second-order valence-corrected chi connectivity index (χ2v) is 11.5. The number of carbonyl (C=O) groups is 3. The van der Waals surface area contributed by atoms with Gasteiger partial charge >= 0.3 is 11.9 Å². The van der Waals surface area contributed by atoms with Gasteiger partial charge in [0.2, 0.25) is 5.91 Å². The van der Waals surface area contributed by atoms with Crippen molar-refractivity contribution in [3.63, 3.8) is 0 Å². The molecule has 194 valence electrons. The molecular formula is C28H33Cl2NO5. The number of carboxylic acid groups (broad SMARTS) is 1. The Labute approximate surface area is 222 Å². The van der Waals surface area contributed by atoms with Crippen molar-refractivity contribution < 1.29 is 24.2 Å². The van der Waals surface area contributed by atoms with E-state index in [-0.39, 0.29) is 24.7 Å². The number of carboxylic acids is 1. The van der Waals surface area contributed by atoms with Crippen molar-refractivity contribution >= 4 is 41.0 Å². The Morgan fingerprint density at radius 2 is 1.75 bits per heavy atom. The van der Waals surface area contributed by atoms with Gasteiger partial charge in [-0.3, -0.25) is 9.59 Å². The summed E-state index contributed by atoms with van der Waals surface area (Å²) in [6, 6.07) is 13.0. The Bertz CT molecular complexity index is 1130. The number of carbonyl (C=O) groups excluding carboxylic acids is 2. The molecule has 0 radical (unpaired) electrons. The van der Waals surface area contributed by atoms with Crippen molar-refractivity contribution in [1.82, 2.24) is 4.90 Å². The van der Waals surface area contributed by atoms with Gasteiger partial charge in [-0.25, -0.2) is 4.79 Å². The standard InChI is InChI=1S/C28H33Cl2NO5/c1-6-22(25(34)36-27(2,3)4)31-24(17-10-12-19(29)13-11-17)21(18-8-7-9-20(30)14-18)15-28(5,26(31)35)16-23(32)33/h7-14,21-22,24H,6,15-16H2,1-5H3,(H,32,33)/t21?,22-,24+,28+/m0/s1. The lowest BCUT2D eigenvalue weighted by Gasteiger charge is -2.51. The van der Waals surface area contributed by atoms with E-state index in [4.69, 9.17) is 27.9 Å². The highest BCUT2D eigenvalue weighted by Gasteiger charge is 2.53. The van der Waals surface area contributed by atoms with Gasteiger partial charge < -0.3 is 14.7 Å². The molecule has 36 heavy (non-hydrogen) atoms. The van der Waals surface area contributed by atoms with Crippen molar-refractivity contribution in [3.05, 3.63) is 69.7 Å². The predicted molar refractivity (Wildman–Crippen MR) is 140 cm³/mol. The smallest absolute Gasteiger partial charge is 0.329 e. The van der Waals surface area contributed by atoms with Gasteiger partial charge in [0.1, 0.15) is 11.6 Å². The van der Waals surface area contributed by atoms with Crippen LogP contribution in [0.25, 0.3) is 0 Å². The van der Waals surface area contributed by atoms with Crippen LogP contribution in [0.1, 0.15) is 77.0 Å². The highest BCUT2D eigenvalue weighted by atomic mass is 35.5. The van der Waals surface area contributed by atoms with E-state index in [1.807, 2.05) is 37.3 Å². The third-order valence-corrected chi connectivity index (χ3v) is 7.02. The minimum Gasteiger partial charge on any atom is -0.481 e. The second kappa shape index (κ2) is 10.8. The Balaban J connectivity index is 2.25. The van der Waals surface area contributed by atoms with Gasteiger partial charge in [-0.05, 0) is 69.0 Å². The van der Waals surface area contributed by atoms with Crippen LogP contribution in [0.2, 0.25) is 10.0 Å². The number of nitrogens with zero attached hydrogens (tertiary/aromatic N) is 1. The normalized spacial score (nSPS) is 23.3. The molecule has 2 aromatic carbocycles. The Morgan fingerprint density at radius 1 is 1.11 bits per heavy atom. The molecule has 0 aliphatic carbocycles. The van der Waals surface area contributed by atoms with Gasteiger partial charge in [-0.1, -0.05) is 61.3 Å². The number of esters is 1. The van der Waals surface area contributed by atoms with Crippen LogP contribution in [0.15, 0.2) is 48.5 Å². The third-order valence-electron chi connectivity index (χ3n) is 6.53. The summed E-state index contributed by atoms with van der Waals surface area (Å²) in [5.41, 5.74) is -0.347. The molecule has 1 saturated heterocycles. The summed E-state index contributed by atoms with van der Waals surface area (Å²) >= 11 is 12.5. The zero-order valence-electron chi connectivity index (χ0n) is 21.3. The van der Waals surface area contributed by atoms with E-state index < -0.39 is 35.0 Å². The van der Waals surface area contributed by atoms with Crippen molar-refractivity contribution in [2.24, 2.45) is 5.41 Å². The minimum atomic E-state index is -1.24. The molecule has 6 nitrogen and oxygen atoms in total. The lowest BCUT2D eigenvalue weighted by atomic mass is 9.67. The van der Waals surface area contributed by atoms with E-state index in [9.17, 15) is 19.5 Å². The SMILES string of the molecule is CC[C@@H](C(=O)OC(C)(C)C)N1C(=O)[C@@](C)(CC(=O)O)CC(c2cccc(Cl)c2)[C@H]1c1ccc(Cl)cc1. The molecule has 0 spiro atoms. The van der Waals surface area contributed by atoms with Crippen molar-refractivity contribution in [3.8, 4) is 0 Å². The Morgan fingerprint density at radius 3 is 2.28 bits per heavy atom. The van der Waals surface area contributed by atoms with Crippen molar-refractivity contribution in [1.29, 1.82) is 0 Å². The number of benzene rings is 2. The third kappa shape index (κ3) is 6.22. The van der Waals surface area contributed by atoms with Crippen LogP contribution in [0.5, 0.6) is 0 Å². The summed E-state index contributed by atoms with van der Waals surface area (Å²) < 4.78 is 5.71. The molecule has 1 aliphatic heterocycles. The van der Waals surface area contributed by atoms with E-state index in [2.05, 4.69) is 0 Å². The summed E-state index contributed by atoms with van der Waals surface area (Å²) in [6.07, 6.45) is 0.209. The summed E-state index contributed by atoms with van der Waals surface area (Å²) in [6.45, 7) is 8.80. The van der Waals surface area contributed by atoms with Gasteiger partial charge in [0.05, 0.1) is 17.9 Å². The largest absolute Gasteiger partial charge is 0.481 e. The topological polar surface area (TPSA) is 83.9 Å². The first-order chi connectivity index (χ1) is 16.8. The molecule has 1 heterocycles. The van der Waals surface area contributed by atoms with Gasteiger partial charge in [0.15, 0.2) is 0 Å². The molecule has 0 aromatic heterocycles.